The molecule has 0 radical (unpaired) electrons. The second-order valence-electron chi connectivity index (χ2n) is 5.36. The van der Waals surface area contributed by atoms with Crippen molar-refractivity contribution in [3.63, 3.8) is 0 Å². The van der Waals surface area contributed by atoms with Crippen LogP contribution in [0, 0.1) is 5.41 Å². The zero-order chi connectivity index (χ0) is 18.9. The van der Waals surface area contributed by atoms with Gasteiger partial charge < -0.3 is 9.84 Å². The normalized spacial score (nSPS) is 12.8. The minimum atomic E-state index is -1.33. The van der Waals surface area contributed by atoms with Crippen LogP contribution in [0.4, 0.5) is 0 Å². The number of hydrogen-bond acceptors (Lipinski definition) is 3. The molecule has 4 heteroatoms. The Kier molecular flexibility index (Phi) is 7.35. The molecule has 4 nitrogen and oxygen atoms in total. The highest BCUT2D eigenvalue weighted by molar-refractivity contribution is 5.97. The van der Waals surface area contributed by atoms with Crippen molar-refractivity contribution < 1.29 is 19.4 Å². The van der Waals surface area contributed by atoms with Crippen molar-refractivity contribution in [2.75, 3.05) is 6.61 Å². The predicted molar refractivity (Wildman–Crippen MR) is 99.8 cm³/mol. The molecule has 1 N–H and O–H groups in total. The first-order valence-corrected chi connectivity index (χ1v) is 7.64. The Bertz CT molecular complexity index is 713. The summed E-state index contributed by atoms with van der Waals surface area (Å²) in [6.45, 7) is 14.6. The monoisotopic (exact) mass is 338 g/mol. The number of carbonyl (C=O) groups is 2. The van der Waals surface area contributed by atoms with E-state index in [1.807, 2.05) is 30.3 Å². The maximum atomic E-state index is 12.3. The molecule has 1 rings (SSSR count). The van der Waals surface area contributed by atoms with E-state index in [-0.39, 0.29) is 24.2 Å². The summed E-state index contributed by atoms with van der Waals surface area (Å²) in [5.74, 6) is -1.93. The van der Waals surface area contributed by atoms with E-state index in [1.165, 1.54) is 12.2 Å². The number of allylic oxidation sites excluding steroid dienone is 2. The fraction of sp³-hybridized carbons (Fsp3) is 0.143. The Morgan fingerprint density at radius 1 is 1.08 bits per heavy atom. The van der Waals surface area contributed by atoms with Crippen molar-refractivity contribution in [2.24, 2.45) is 5.41 Å². The number of benzene rings is 1. The second kappa shape index (κ2) is 9.23. The Hall–Kier alpha value is -3.14. The van der Waals surface area contributed by atoms with Crippen LogP contribution in [-0.2, 0) is 14.3 Å². The molecule has 0 fully saturated rings. The van der Waals surface area contributed by atoms with Crippen molar-refractivity contribution >= 4 is 18.0 Å². The van der Waals surface area contributed by atoms with Crippen LogP contribution in [0.15, 0.2) is 86.0 Å². The molecule has 130 valence electrons. The van der Waals surface area contributed by atoms with E-state index >= 15 is 0 Å². The third-order valence-corrected chi connectivity index (χ3v) is 3.74. The van der Waals surface area contributed by atoms with E-state index in [4.69, 9.17) is 4.74 Å². The minimum absolute atomic E-state index is 0.00394. The van der Waals surface area contributed by atoms with E-state index in [2.05, 4.69) is 26.3 Å². The summed E-state index contributed by atoms with van der Waals surface area (Å²) >= 11 is 0. The first-order valence-electron chi connectivity index (χ1n) is 7.64. The van der Waals surface area contributed by atoms with Gasteiger partial charge in [0.05, 0.1) is 5.41 Å². The third-order valence-electron chi connectivity index (χ3n) is 3.74. The number of hydrogen-bond donors (Lipinski definition) is 1. The molecular weight excluding hydrogens is 316 g/mol. The van der Waals surface area contributed by atoms with Crippen molar-refractivity contribution in [3.8, 4) is 0 Å². The molecule has 25 heavy (non-hydrogen) atoms. The number of esters is 1. The van der Waals surface area contributed by atoms with Gasteiger partial charge in [0.2, 0.25) is 0 Å². The Balaban J connectivity index is 3.38. The van der Waals surface area contributed by atoms with Gasteiger partial charge in [-0.1, -0.05) is 74.4 Å². The molecular formula is C21H22O4. The van der Waals surface area contributed by atoms with E-state index in [0.717, 1.165) is 5.56 Å². The lowest BCUT2D eigenvalue weighted by Crippen LogP contribution is -2.31. The van der Waals surface area contributed by atoms with E-state index in [1.54, 1.807) is 12.2 Å². The molecule has 0 saturated carbocycles. The number of aliphatic carboxylic acids is 1. The maximum absolute atomic E-state index is 12.3. The van der Waals surface area contributed by atoms with Gasteiger partial charge in [-0.3, -0.25) is 0 Å². The van der Waals surface area contributed by atoms with Crippen LogP contribution in [0.25, 0.3) is 6.08 Å². The van der Waals surface area contributed by atoms with Gasteiger partial charge in [0.25, 0.3) is 0 Å². The molecule has 1 aromatic rings. The summed E-state index contributed by atoms with van der Waals surface area (Å²) < 4.78 is 5.03. The molecule has 0 saturated heterocycles. The van der Waals surface area contributed by atoms with Crippen LogP contribution >= 0.6 is 0 Å². The minimum Gasteiger partial charge on any atom is -0.478 e. The quantitative estimate of drug-likeness (QED) is 0.395. The second-order valence-corrected chi connectivity index (χ2v) is 5.36. The lowest BCUT2D eigenvalue weighted by molar-refractivity contribution is -0.138. The summed E-state index contributed by atoms with van der Waals surface area (Å²) in [5, 5.41) is 9.47. The van der Waals surface area contributed by atoms with Crippen molar-refractivity contribution in [3.05, 3.63) is 91.6 Å². The molecule has 0 amide bonds. The van der Waals surface area contributed by atoms with Crippen LogP contribution in [-0.4, -0.2) is 23.7 Å². The van der Waals surface area contributed by atoms with Crippen molar-refractivity contribution in [1.29, 1.82) is 0 Å². The van der Waals surface area contributed by atoms with Crippen LogP contribution in [0.1, 0.15) is 12.0 Å². The van der Waals surface area contributed by atoms with Gasteiger partial charge in [0.15, 0.2) is 0 Å². The molecule has 1 atom stereocenters. The number of rotatable bonds is 10. The lowest BCUT2D eigenvalue weighted by atomic mass is 9.71. The topological polar surface area (TPSA) is 63.6 Å². The largest absolute Gasteiger partial charge is 0.478 e. The van der Waals surface area contributed by atoms with Gasteiger partial charge in [0.1, 0.15) is 6.61 Å². The van der Waals surface area contributed by atoms with Gasteiger partial charge in [-0.25, -0.2) is 9.59 Å². The molecule has 1 unspecified atom stereocenters. The van der Waals surface area contributed by atoms with Gasteiger partial charge in [-0.2, -0.15) is 0 Å². The predicted octanol–water partition coefficient (Wildman–Crippen LogP) is 4.19. The average molecular weight is 338 g/mol. The van der Waals surface area contributed by atoms with Crippen LogP contribution in [0.3, 0.4) is 0 Å². The van der Waals surface area contributed by atoms with Crippen LogP contribution in [0.2, 0.25) is 0 Å². The smallest absolute Gasteiger partial charge is 0.334 e. The number of ether oxygens (including phenoxy) is 1. The fourth-order valence-electron chi connectivity index (χ4n) is 2.32. The summed E-state index contributed by atoms with van der Waals surface area (Å²) in [7, 11) is 0. The van der Waals surface area contributed by atoms with Gasteiger partial charge in [-0.15, -0.1) is 6.58 Å². The Labute approximate surface area is 148 Å². The third kappa shape index (κ3) is 4.91. The molecule has 0 heterocycles. The Morgan fingerprint density at radius 2 is 1.72 bits per heavy atom. The summed E-state index contributed by atoms with van der Waals surface area (Å²) in [5.41, 5.74) is -0.683. The van der Waals surface area contributed by atoms with Gasteiger partial charge in [0, 0.05) is 11.1 Å². The first-order chi connectivity index (χ1) is 11.9. The molecule has 0 aromatic heterocycles. The number of carboxylic acid groups (broad SMARTS) is 1. The maximum Gasteiger partial charge on any atom is 0.334 e. The van der Waals surface area contributed by atoms with Crippen LogP contribution in [0.5, 0.6) is 0 Å². The summed E-state index contributed by atoms with van der Waals surface area (Å²) in [4.78, 5) is 23.9. The van der Waals surface area contributed by atoms with E-state index < -0.39 is 17.4 Å². The molecule has 0 aliphatic carbocycles. The highest BCUT2D eigenvalue weighted by Gasteiger charge is 2.40. The molecule has 1 aromatic carbocycles. The SMILES string of the molecule is C=CCOC(=O)C(=C)C(C=Cc1ccccc1)(CC=C)C(=C)C(=O)O. The Morgan fingerprint density at radius 3 is 2.24 bits per heavy atom. The number of carboxylic acids is 1. The summed E-state index contributed by atoms with van der Waals surface area (Å²) in [6, 6.07) is 9.30. The van der Waals surface area contributed by atoms with Crippen molar-refractivity contribution in [1.82, 2.24) is 0 Å². The summed E-state index contributed by atoms with van der Waals surface area (Å²) in [6.07, 6.45) is 6.42. The first kappa shape index (κ1) is 19.9. The highest BCUT2D eigenvalue weighted by Crippen LogP contribution is 2.41. The molecule has 0 bridgehead atoms. The average Bonchev–Trinajstić information content (AvgIpc) is 2.62. The highest BCUT2D eigenvalue weighted by atomic mass is 16.5. The lowest BCUT2D eigenvalue weighted by Gasteiger charge is -2.31. The van der Waals surface area contributed by atoms with Gasteiger partial charge >= 0.3 is 11.9 Å². The zero-order valence-electron chi connectivity index (χ0n) is 14.1. The zero-order valence-corrected chi connectivity index (χ0v) is 14.1. The molecule has 0 aliphatic heterocycles. The van der Waals surface area contributed by atoms with Crippen LogP contribution < -0.4 is 0 Å². The standard InChI is InChI=1S/C21H22O4/c1-5-13-21(16(3)19(22)23,17(4)20(24)25-15-6-2)14-12-18-10-8-7-9-11-18/h5-12,14H,1-4,13,15H2,(H,22,23). The van der Waals surface area contributed by atoms with Crippen molar-refractivity contribution in [2.45, 2.75) is 6.42 Å². The molecule has 0 aliphatic rings. The van der Waals surface area contributed by atoms with Gasteiger partial charge in [-0.05, 0) is 12.0 Å². The molecule has 0 spiro atoms. The van der Waals surface area contributed by atoms with E-state index in [9.17, 15) is 14.7 Å². The van der Waals surface area contributed by atoms with E-state index in [0.29, 0.717) is 0 Å². The number of carbonyl (C=O) groups excluding carboxylic acids is 1. The fourth-order valence-corrected chi connectivity index (χ4v) is 2.32.